The molecule has 0 amide bonds. The Morgan fingerprint density at radius 1 is 1.32 bits per heavy atom. The number of carbonyl (C=O) groups excluding carboxylic acids is 1. The molecule has 0 heterocycles. The van der Waals surface area contributed by atoms with E-state index < -0.39 is 11.7 Å². The van der Waals surface area contributed by atoms with Crippen LogP contribution in [0, 0.1) is 0 Å². The topological polar surface area (TPSA) is 20.3 Å². The molecule has 0 aliphatic heterocycles. The highest BCUT2D eigenvalue weighted by molar-refractivity contribution is 5.79. The van der Waals surface area contributed by atoms with Crippen LogP contribution < -0.4 is 4.90 Å². The minimum Gasteiger partial charge on any atom is -0.369 e. The van der Waals surface area contributed by atoms with Gasteiger partial charge in [-0.25, -0.2) is 0 Å². The van der Waals surface area contributed by atoms with Gasteiger partial charge in [-0.1, -0.05) is 6.92 Å². The average Bonchev–Trinajstić information content (AvgIpc) is 2.33. The van der Waals surface area contributed by atoms with Crippen molar-refractivity contribution < 1.29 is 18.0 Å². The van der Waals surface area contributed by atoms with Gasteiger partial charge in [0.1, 0.15) is 0 Å². The molecule has 0 saturated heterocycles. The van der Waals surface area contributed by atoms with Gasteiger partial charge in [0.15, 0.2) is 6.29 Å². The number of alkyl halides is 3. The SMILES string of the molecule is CCCN(c1ccc(C=O)c(C(F)(F)F)c1)C(C)C. The van der Waals surface area contributed by atoms with Crippen LogP contribution in [0.15, 0.2) is 18.2 Å². The summed E-state index contributed by atoms with van der Waals surface area (Å²) < 4.78 is 38.7. The summed E-state index contributed by atoms with van der Waals surface area (Å²) in [4.78, 5) is 12.6. The van der Waals surface area contributed by atoms with Gasteiger partial charge in [-0.2, -0.15) is 13.2 Å². The lowest BCUT2D eigenvalue weighted by Crippen LogP contribution is -2.31. The van der Waals surface area contributed by atoms with E-state index in [-0.39, 0.29) is 17.9 Å². The smallest absolute Gasteiger partial charge is 0.369 e. The molecule has 0 fully saturated rings. The number of rotatable bonds is 5. The van der Waals surface area contributed by atoms with Crippen molar-refractivity contribution in [1.29, 1.82) is 0 Å². The molecule has 106 valence electrons. The Labute approximate surface area is 111 Å². The second kappa shape index (κ2) is 6.08. The maximum absolute atomic E-state index is 12.9. The quantitative estimate of drug-likeness (QED) is 0.751. The molecule has 1 aromatic rings. The minimum atomic E-state index is -4.51. The molecule has 0 N–H and O–H groups in total. The van der Waals surface area contributed by atoms with Crippen molar-refractivity contribution >= 4 is 12.0 Å². The Morgan fingerprint density at radius 2 is 1.95 bits per heavy atom. The molecule has 0 saturated carbocycles. The molecule has 0 unspecified atom stereocenters. The highest BCUT2D eigenvalue weighted by atomic mass is 19.4. The van der Waals surface area contributed by atoms with Crippen LogP contribution in [0.3, 0.4) is 0 Å². The molecular weight excluding hydrogens is 255 g/mol. The number of hydrogen-bond acceptors (Lipinski definition) is 2. The van der Waals surface area contributed by atoms with Gasteiger partial charge in [0.25, 0.3) is 0 Å². The summed E-state index contributed by atoms with van der Waals surface area (Å²) >= 11 is 0. The molecule has 0 radical (unpaired) electrons. The lowest BCUT2D eigenvalue weighted by molar-refractivity contribution is -0.137. The number of carbonyl (C=O) groups is 1. The highest BCUT2D eigenvalue weighted by Crippen LogP contribution is 2.34. The number of halogens is 3. The van der Waals surface area contributed by atoms with E-state index in [1.165, 1.54) is 6.07 Å². The number of hydrogen-bond donors (Lipinski definition) is 0. The maximum atomic E-state index is 12.9. The molecule has 0 atom stereocenters. The summed E-state index contributed by atoms with van der Waals surface area (Å²) in [6, 6.07) is 3.95. The van der Waals surface area contributed by atoms with Crippen molar-refractivity contribution in [3.63, 3.8) is 0 Å². The molecule has 0 aliphatic carbocycles. The van der Waals surface area contributed by atoms with Crippen LogP contribution in [0.25, 0.3) is 0 Å². The Bertz CT molecular complexity index is 441. The summed E-state index contributed by atoms with van der Waals surface area (Å²) in [6.45, 7) is 6.50. The summed E-state index contributed by atoms with van der Waals surface area (Å²) in [5.74, 6) is 0. The van der Waals surface area contributed by atoms with Crippen LogP contribution in [0.1, 0.15) is 43.1 Å². The zero-order chi connectivity index (χ0) is 14.6. The third-order valence-electron chi connectivity index (χ3n) is 2.89. The van der Waals surface area contributed by atoms with Crippen LogP contribution in [0.5, 0.6) is 0 Å². The lowest BCUT2D eigenvalue weighted by atomic mass is 10.1. The van der Waals surface area contributed by atoms with Crippen LogP contribution in [-0.4, -0.2) is 18.9 Å². The van der Waals surface area contributed by atoms with E-state index in [0.29, 0.717) is 12.2 Å². The average molecular weight is 273 g/mol. The van der Waals surface area contributed by atoms with Gasteiger partial charge in [-0.15, -0.1) is 0 Å². The first-order chi connectivity index (χ1) is 8.81. The number of benzene rings is 1. The van der Waals surface area contributed by atoms with Gasteiger partial charge < -0.3 is 4.90 Å². The van der Waals surface area contributed by atoms with E-state index in [0.717, 1.165) is 12.5 Å². The number of nitrogens with zero attached hydrogens (tertiary/aromatic N) is 1. The van der Waals surface area contributed by atoms with Crippen molar-refractivity contribution in [2.24, 2.45) is 0 Å². The van der Waals surface area contributed by atoms with Crippen LogP contribution in [-0.2, 0) is 6.18 Å². The Balaban J connectivity index is 3.27. The molecule has 19 heavy (non-hydrogen) atoms. The third-order valence-corrected chi connectivity index (χ3v) is 2.89. The van der Waals surface area contributed by atoms with Gasteiger partial charge in [-0.05, 0) is 38.5 Å². The third kappa shape index (κ3) is 3.72. The zero-order valence-electron chi connectivity index (χ0n) is 11.3. The second-order valence-electron chi connectivity index (χ2n) is 4.67. The molecule has 0 aromatic heterocycles. The monoisotopic (exact) mass is 273 g/mol. The van der Waals surface area contributed by atoms with Crippen molar-refractivity contribution in [3.05, 3.63) is 29.3 Å². The Hall–Kier alpha value is -1.52. The van der Waals surface area contributed by atoms with Gasteiger partial charge in [0.05, 0.1) is 5.56 Å². The summed E-state index contributed by atoms with van der Waals surface area (Å²) in [6.07, 6.45) is -3.43. The van der Waals surface area contributed by atoms with Crippen LogP contribution in [0.4, 0.5) is 18.9 Å². The molecule has 1 aromatic carbocycles. The summed E-state index contributed by atoms with van der Waals surface area (Å²) in [5.41, 5.74) is -0.701. The van der Waals surface area contributed by atoms with E-state index in [9.17, 15) is 18.0 Å². The second-order valence-corrected chi connectivity index (χ2v) is 4.67. The molecule has 5 heteroatoms. The Morgan fingerprint density at radius 3 is 2.37 bits per heavy atom. The van der Waals surface area contributed by atoms with E-state index in [2.05, 4.69) is 0 Å². The molecular formula is C14H18F3NO. The van der Waals surface area contributed by atoms with Crippen LogP contribution >= 0.6 is 0 Å². The van der Waals surface area contributed by atoms with E-state index in [1.807, 2.05) is 25.7 Å². The maximum Gasteiger partial charge on any atom is 0.417 e. The van der Waals surface area contributed by atoms with Gasteiger partial charge >= 0.3 is 6.18 Å². The van der Waals surface area contributed by atoms with Crippen molar-refractivity contribution in [3.8, 4) is 0 Å². The molecule has 0 aliphatic rings. The number of anilines is 1. The van der Waals surface area contributed by atoms with Crippen molar-refractivity contribution in [2.45, 2.75) is 39.4 Å². The fraction of sp³-hybridized carbons (Fsp3) is 0.500. The lowest BCUT2D eigenvalue weighted by Gasteiger charge is -2.29. The summed E-state index contributed by atoms with van der Waals surface area (Å²) in [5, 5.41) is 0. The highest BCUT2D eigenvalue weighted by Gasteiger charge is 2.34. The molecule has 2 nitrogen and oxygen atoms in total. The zero-order valence-corrected chi connectivity index (χ0v) is 11.3. The fourth-order valence-electron chi connectivity index (χ4n) is 2.00. The normalized spacial score (nSPS) is 11.7. The summed E-state index contributed by atoms with van der Waals surface area (Å²) in [7, 11) is 0. The largest absolute Gasteiger partial charge is 0.417 e. The predicted molar refractivity (Wildman–Crippen MR) is 69.6 cm³/mol. The van der Waals surface area contributed by atoms with Gasteiger partial charge in [0.2, 0.25) is 0 Å². The molecule has 1 rings (SSSR count). The number of aldehydes is 1. The first-order valence-electron chi connectivity index (χ1n) is 6.24. The minimum absolute atomic E-state index is 0.100. The first kappa shape index (κ1) is 15.5. The Kier molecular flexibility index (Phi) is 4.97. The van der Waals surface area contributed by atoms with Crippen molar-refractivity contribution in [2.75, 3.05) is 11.4 Å². The first-order valence-corrected chi connectivity index (χ1v) is 6.24. The molecule has 0 spiro atoms. The van der Waals surface area contributed by atoms with E-state index >= 15 is 0 Å². The van der Waals surface area contributed by atoms with Gasteiger partial charge in [-0.3, -0.25) is 4.79 Å². The standard InChI is InChI=1S/C14H18F3NO/c1-4-7-18(10(2)3)12-6-5-11(9-19)13(8-12)14(15,16)17/h5-6,8-10H,4,7H2,1-3H3. The van der Waals surface area contributed by atoms with E-state index in [1.54, 1.807) is 6.07 Å². The predicted octanol–water partition coefficient (Wildman–Crippen LogP) is 4.14. The van der Waals surface area contributed by atoms with Crippen LogP contribution in [0.2, 0.25) is 0 Å². The molecule has 0 bridgehead atoms. The van der Waals surface area contributed by atoms with E-state index in [4.69, 9.17) is 0 Å². The van der Waals surface area contributed by atoms with Gasteiger partial charge in [0, 0.05) is 23.8 Å². The van der Waals surface area contributed by atoms with Crippen molar-refractivity contribution in [1.82, 2.24) is 0 Å². The fourth-order valence-corrected chi connectivity index (χ4v) is 2.00.